The topological polar surface area (TPSA) is 0 Å². The van der Waals surface area contributed by atoms with Gasteiger partial charge >= 0.3 is 289 Å². The van der Waals surface area contributed by atoms with Crippen molar-refractivity contribution in [1.82, 2.24) is 0 Å². The predicted molar refractivity (Wildman–Crippen MR) is 374 cm³/mol. The zero-order valence-corrected chi connectivity index (χ0v) is 55.0. The Morgan fingerprint density at radius 3 is 0.612 bits per heavy atom. The van der Waals surface area contributed by atoms with E-state index in [0.717, 1.165) is 10.6 Å². The maximum Gasteiger partial charge on any atom is -0.0134 e. The zero-order chi connectivity index (χ0) is 57.7. The smallest absolute Gasteiger partial charge is 0.0134 e. The van der Waals surface area contributed by atoms with E-state index in [9.17, 15) is 0 Å². The predicted octanol–water partition coefficient (Wildman–Crippen LogP) is 12.8. The Kier molecular flexibility index (Phi) is 23.7. The van der Waals surface area contributed by atoms with Gasteiger partial charge in [-0.25, -0.2) is 0 Å². The molecule has 0 nitrogen and oxygen atoms in total. The maximum absolute atomic E-state index is 7.68. The number of hydrogen-bond acceptors (Lipinski definition) is 0. The molecule has 0 spiro atoms. The van der Waals surface area contributed by atoms with E-state index in [4.69, 9.17) is 25.9 Å². The van der Waals surface area contributed by atoms with Gasteiger partial charge in [-0.1, -0.05) is 182 Å². The molecular formula is C77H63Cl3OsP4. The third-order valence-electron chi connectivity index (χ3n) is 14.2. The van der Waals surface area contributed by atoms with Gasteiger partial charge in [0.15, 0.2) is 0 Å². The second-order valence-electron chi connectivity index (χ2n) is 19.3. The van der Waals surface area contributed by atoms with Crippen molar-refractivity contribution in [2.24, 2.45) is 0 Å². The van der Waals surface area contributed by atoms with Gasteiger partial charge in [-0.05, 0) is 47.7 Å². The van der Waals surface area contributed by atoms with Gasteiger partial charge < -0.3 is 12.4 Å². The molecule has 8 heteroatoms. The van der Waals surface area contributed by atoms with Crippen molar-refractivity contribution in [3.05, 3.63) is 387 Å². The van der Waals surface area contributed by atoms with Gasteiger partial charge in [0, 0.05) is 0 Å². The minimum absolute atomic E-state index is 0. The molecule has 0 saturated heterocycles. The van der Waals surface area contributed by atoms with E-state index < -0.39 is 44.1 Å². The molecule has 0 amide bonds. The van der Waals surface area contributed by atoms with Gasteiger partial charge in [0.05, 0.1) is 0 Å². The van der Waals surface area contributed by atoms with Gasteiger partial charge in [0.25, 0.3) is 0 Å². The minimum atomic E-state index is -2.73. The molecular weight excluding hydrogens is 1350 g/mol. The Morgan fingerprint density at radius 1 is 0.271 bits per heavy atom. The van der Waals surface area contributed by atoms with E-state index >= 15 is 0 Å². The molecule has 420 valence electrons. The van der Waals surface area contributed by atoms with Crippen LogP contribution in [-0.4, -0.2) is 4.57 Å². The second kappa shape index (κ2) is 32.1. The second-order valence-corrected chi connectivity index (χ2v) is 38.6. The maximum atomic E-state index is 7.68. The molecule has 0 N–H and O–H groups in total. The van der Waals surface area contributed by atoms with Crippen LogP contribution in [0.5, 0.6) is 0 Å². The third-order valence-corrected chi connectivity index (χ3v) is 30.6. The van der Waals surface area contributed by atoms with Crippen LogP contribution in [0.25, 0.3) is 0 Å². The molecule has 85 heavy (non-hydrogen) atoms. The van der Waals surface area contributed by atoms with Crippen LogP contribution in [-0.2, 0) is 13.8 Å². The van der Waals surface area contributed by atoms with Crippen molar-refractivity contribution in [2.45, 2.75) is 0 Å². The zero-order valence-electron chi connectivity index (χ0n) is 46.6. The van der Waals surface area contributed by atoms with Gasteiger partial charge in [-0.3, -0.25) is 0 Å². The fourth-order valence-corrected chi connectivity index (χ4v) is 28.6. The molecule has 0 aromatic heterocycles. The van der Waals surface area contributed by atoms with Crippen LogP contribution >= 0.6 is 49.6 Å². The van der Waals surface area contributed by atoms with Gasteiger partial charge in [-0.2, -0.15) is 0 Å². The van der Waals surface area contributed by atoms with Crippen molar-refractivity contribution >= 4 is 118 Å². The first kappa shape index (κ1) is 62.7. The van der Waals surface area contributed by atoms with Crippen molar-refractivity contribution in [3.63, 3.8) is 0 Å². The van der Waals surface area contributed by atoms with E-state index in [1.165, 1.54) is 63.7 Å². The summed E-state index contributed by atoms with van der Waals surface area (Å²) < 4.78 is 2.17. The summed E-state index contributed by atoms with van der Waals surface area (Å²) in [6.07, 6.45) is 2.25. The van der Waals surface area contributed by atoms with E-state index in [1.54, 1.807) is 0 Å². The van der Waals surface area contributed by atoms with Gasteiger partial charge in [0.1, 0.15) is 0 Å². The summed E-state index contributed by atoms with van der Waals surface area (Å²) in [4.78, 5) is 0. The normalized spacial score (nSPS) is 11.4. The van der Waals surface area contributed by atoms with Crippen molar-refractivity contribution < 1.29 is 26.2 Å². The summed E-state index contributed by atoms with van der Waals surface area (Å²) in [6, 6.07) is 129. The molecule has 0 saturated carbocycles. The molecule has 12 aromatic carbocycles. The SMILES string of the molecule is [CH-]=C(/C=C(\[CH]=[Os]([Cl])[Cl])[P+](c1ccccc1)(c1ccccc1)c1ccccc1)[P+](c1ccccc1)(c1ccccc1)c1ccccc1.[Cl-].c1ccc(P(c2ccccc2)c2ccccc2)cc1.c1ccc(P(c2ccccc2)c2ccccc2)cc1. The minimum Gasteiger partial charge on any atom is -1.00 e. The average Bonchev–Trinajstić information content (AvgIpc) is 2.40. The van der Waals surface area contributed by atoms with Crippen LogP contribution in [0.15, 0.2) is 381 Å². The first-order valence-corrected chi connectivity index (χ1v) is 41.7. The van der Waals surface area contributed by atoms with E-state index in [-0.39, 0.29) is 12.4 Å². The van der Waals surface area contributed by atoms with E-state index in [1.807, 2.05) is 0 Å². The van der Waals surface area contributed by atoms with Crippen molar-refractivity contribution in [2.75, 3.05) is 0 Å². The number of benzene rings is 12. The van der Waals surface area contributed by atoms with Crippen molar-refractivity contribution in [3.8, 4) is 0 Å². The molecule has 0 aliphatic heterocycles. The summed E-state index contributed by atoms with van der Waals surface area (Å²) in [5.41, 5.74) is 0. The van der Waals surface area contributed by atoms with Crippen LogP contribution in [0, 0.1) is 6.58 Å². The molecule has 0 bridgehead atoms. The fourth-order valence-electron chi connectivity index (χ4n) is 10.6. The Bertz CT molecular complexity index is 3450. The summed E-state index contributed by atoms with van der Waals surface area (Å²) in [5, 5.41) is 17.5. The fraction of sp³-hybridized carbons (Fsp3) is 0. The standard InChI is InChI=1S/C41H33P2.2C18H15P.3ClH.Os/c1-34(42(36-21-9-3-10-22-36,37-23-11-4-12-24-37)38-25-13-5-14-26-38)33-35(2)43(39-27-15-6-16-28-39,40-29-17-7-18-30-40)41-31-19-8-20-32-41;2*1-4-10-16(11-5-1)19(17-12-6-2-7-13-17)18-14-8-3-9-15-18;;;;/h1-33H;2*1-15H;3*1H;/q+1;;;;;;+2/p-3/b34-33+;;;;;;. The average molecular weight is 1410 g/mol. The third kappa shape index (κ3) is 15.3. The molecule has 0 heterocycles. The molecule has 12 rings (SSSR count). The molecule has 0 atom stereocenters. The van der Waals surface area contributed by atoms with E-state index in [0.29, 0.717) is 0 Å². The van der Waals surface area contributed by atoms with E-state index in [2.05, 4.69) is 375 Å². The van der Waals surface area contributed by atoms with Gasteiger partial charge in [-0.15, -0.1) is 0 Å². The molecule has 0 fully saturated rings. The molecule has 0 unspecified atom stereocenters. The molecule has 0 radical (unpaired) electrons. The Morgan fingerprint density at radius 2 is 0.435 bits per heavy atom. The van der Waals surface area contributed by atoms with Crippen LogP contribution in [0.3, 0.4) is 0 Å². The Balaban J connectivity index is 0.000000181. The quantitative estimate of drug-likeness (QED) is 0.0514. The Hall–Kier alpha value is -6.78. The summed E-state index contributed by atoms with van der Waals surface area (Å²) in [5.74, 6) is 0. The number of rotatable bonds is 16. The molecule has 12 aromatic rings. The summed E-state index contributed by atoms with van der Waals surface area (Å²) in [7, 11) is 7.88. The summed E-state index contributed by atoms with van der Waals surface area (Å²) >= 11 is -2.73. The largest absolute Gasteiger partial charge is 1.00 e. The van der Waals surface area contributed by atoms with Crippen LogP contribution in [0.1, 0.15) is 0 Å². The van der Waals surface area contributed by atoms with Crippen LogP contribution in [0.2, 0.25) is 0 Å². The molecule has 0 aliphatic rings. The van der Waals surface area contributed by atoms with Crippen LogP contribution in [0.4, 0.5) is 0 Å². The number of allylic oxidation sites excluding steroid dienone is 3. The van der Waals surface area contributed by atoms with Gasteiger partial charge in [0.2, 0.25) is 0 Å². The Labute approximate surface area is 526 Å². The monoisotopic (exact) mass is 1410 g/mol. The summed E-state index contributed by atoms with van der Waals surface area (Å²) in [6.45, 7) is 7.68. The number of hydrogen-bond donors (Lipinski definition) is 0. The first-order chi connectivity index (χ1) is 41.5. The van der Waals surface area contributed by atoms with Crippen molar-refractivity contribution in [1.29, 1.82) is 0 Å². The number of halogens is 3. The molecule has 0 aliphatic carbocycles. The van der Waals surface area contributed by atoms with Crippen LogP contribution < -0.4 is 76.1 Å². The first-order valence-electron chi connectivity index (χ1n) is 27.7.